The Bertz CT molecular complexity index is 445. The van der Waals surface area contributed by atoms with Gasteiger partial charge in [-0.25, -0.2) is 0 Å². The van der Waals surface area contributed by atoms with Crippen LogP contribution in [0.15, 0.2) is 0 Å². The van der Waals surface area contributed by atoms with Crippen LogP contribution in [0, 0.1) is 40.9 Å². The molecule has 2 nitrogen and oxygen atoms in total. The molecule has 0 aromatic rings. The first-order valence-corrected chi connectivity index (χ1v) is 9.65. The molecule has 0 N–H and O–H groups in total. The number of carbonyl (C=O) groups excluding carboxylic acids is 1. The van der Waals surface area contributed by atoms with Crippen LogP contribution in [0.25, 0.3) is 0 Å². The van der Waals surface area contributed by atoms with Gasteiger partial charge in [0.1, 0.15) is 5.78 Å². The number of carbonyl (C=O) groups is 1. The van der Waals surface area contributed by atoms with Crippen molar-refractivity contribution in [3.8, 4) is 0 Å². The van der Waals surface area contributed by atoms with Crippen LogP contribution in [-0.2, 0) is 9.53 Å². The Kier molecular flexibility index (Phi) is 3.87. The van der Waals surface area contributed by atoms with Gasteiger partial charge >= 0.3 is 0 Å². The topological polar surface area (TPSA) is 26.3 Å². The molecular formula is C20H32O2. The molecule has 4 rings (SSSR count). The van der Waals surface area contributed by atoms with E-state index in [1.807, 2.05) is 7.11 Å². The van der Waals surface area contributed by atoms with Crippen LogP contribution >= 0.6 is 0 Å². The summed E-state index contributed by atoms with van der Waals surface area (Å²) >= 11 is 0. The van der Waals surface area contributed by atoms with Crippen LogP contribution in [0.2, 0.25) is 0 Å². The van der Waals surface area contributed by atoms with Crippen molar-refractivity contribution < 1.29 is 9.53 Å². The fourth-order valence-electron chi connectivity index (χ4n) is 7.11. The lowest BCUT2D eigenvalue weighted by atomic mass is 9.50. The summed E-state index contributed by atoms with van der Waals surface area (Å²) in [6.45, 7) is 3.26. The standard InChI is InChI=1S/C20H32O2/c1-20-10-9-16-15-5-3-13(12-22-2)11-14(15)4-6-17(16)18(20)7-8-19(20)21/h13-18H,3-12H2,1-2H3/t13-,14+,15?,16+,17+,18-,20-/m0/s1. The first-order chi connectivity index (χ1) is 10.6. The summed E-state index contributed by atoms with van der Waals surface area (Å²) in [5.74, 6) is 5.84. The van der Waals surface area contributed by atoms with Gasteiger partial charge in [0.15, 0.2) is 0 Å². The van der Waals surface area contributed by atoms with Crippen molar-refractivity contribution in [1.82, 2.24) is 0 Å². The minimum Gasteiger partial charge on any atom is -0.384 e. The molecule has 0 bridgehead atoms. The van der Waals surface area contributed by atoms with Gasteiger partial charge in [-0.2, -0.15) is 0 Å². The lowest BCUT2D eigenvalue weighted by Crippen LogP contribution is -2.48. The molecule has 0 aromatic carbocycles. The van der Waals surface area contributed by atoms with E-state index in [0.29, 0.717) is 5.78 Å². The van der Waals surface area contributed by atoms with E-state index >= 15 is 0 Å². The molecule has 0 saturated heterocycles. The Hall–Kier alpha value is -0.370. The first-order valence-electron chi connectivity index (χ1n) is 9.65. The van der Waals surface area contributed by atoms with Gasteiger partial charge in [-0.05, 0) is 86.9 Å². The SMILES string of the molecule is COC[C@H]1CCC2[C@H](CC[C@@H]3[C@@H]2CC[C@]2(C)C(=O)CC[C@@H]32)C1. The second-order valence-corrected chi connectivity index (χ2v) is 8.99. The largest absolute Gasteiger partial charge is 0.384 e. The Morgan fingerprint density at radius 3 is 2.68 bits per heavy atom. The highest BCUT2D eigenvalue weighted by Crippen LogP contribution is 2.61. The highest BCUT2D eigenvalue weighted by atomic mass is 16.5. The third kappa shape index (κ3) is 2.20. The molecule has 4 saturated carbocycles. The number of hydrogen-bond acceptors (Lipinski definition) is 2. The first kappa shape index (κ1) is 15.2. The fourth-order valence-corrected chi connectivity index (χ4v) is 7.11. The molecule has 22 heavy (non-hydrogen) atoms. The molecule has 4 aliphatic carbocycles. The Morgan fingerprint density at radius 1 is 1.05 bits per heavy atom. The lowest BCUT2D eigenvalue weighted by molar-refractivity contribution is -0.133. The van der Waals surface area contributed by atoms with Crippen molar-refractivity contribution in [1.29, 1.82) is 0 Å². The maximum Gasteiger partial charge on any atom is 0.139 e. The molecule has 0 spiro atoms. The third-order valence-electron chi connectivity index (χ3n) is 8.17. The summed E-state index contributed by atoms with van der Waals surface area (Å²) in [6.07, 6.45) is 11.6. The Morgan fingerprint density at radius 2 is 1.86 bits per heavy atom. The summed E-state index contributed by atoms with van der Waals surface area (Å²) in [5, 5.41) is 0. The molecule has 4 fully saturated rings. The molecule has 0 heterocycles. The molecule has 1 unspecified atom stereocenters. The summed E-state index contributed by atoms with van der Waals surface area (Å²) in [5.41, 5.74) is 0.0568. The zero-order chi connectivity index (χ0) is 15.3. The molecule has 4 aliphatic rings. The summed E-state index contributed by atoms with van der Waals surface area (Å²) in [4.78, 5) is 12.4. The van der Waals surface area contributed by atoms with E-state index in [0.717, 1.165) is 48.5 Å². The van der Waals surface area contributed by atoms with Crippen LogP contribution < -0.4 is 0 Å². The highest BCUT2D eigenvalue weighted by Gasteiger charge is 2.56. The average Bonchev–Trinajstić information content (AvgIpc) is 2.83. The molecule has 124 valence electrons. The van der Waals surface area contributed by atoms with E-state index < -0.39 is 0 Å². The van der Waals surface area contributed by atoms with Crippen molar-refractivity contribution in [3.63, 3.8) is 0 Å². The summed E-state index contributed by atoms with van der Waals surface area (Å²) < 4.78 is 5.41. The predicted molar refractivity (Wildman–Crippen MR) is 87.5 cm³/mol. The summed E-state index contributed by atoms with van der Waals surface area (Å²) in [7, 11) is 1.85. The smallest absolute Gasteiger partial charge is 0.139 e. The van der Waals surface area contributed by atoms with Crippen LogP contribution in [0.3, 0.4) is 0 Å². The van der Waals surface area contributed by atoms with Crippen molar-refractivity contribution in [3.05, 3.63) is 0 Å². The lowest BCUT2D eigenvalue weighted by Gasteiger charge is -2.54. The van der Waals surface area contributed by atoms with Crippen molar-refractivity contribution in [2.75, 3.05) is 13.7 Å². The van der Waals surface area contributed by atoms with E-state index in [1.54, 1.807) is 0 Å². The predicted octanol–water partition coefficient (Wildman–Crippen LogP) is 4.47. The maximum atomic E-state index is 12.4. The van der Waals surface area contributed by atoms with Gasteiger partial charge in [0, 0.05) is 25.6 Å². The second kappa shape index (κ2) is 5.61. The molecule has 0 amide bonds. The van der Waals surface area contributed by atoms with Gasteiger partial charge in [0.05, 0.1) is 0 Å². The van der Waals surface area contributed by atoms with Crippen molar-refractivity contribution in [2.24, 2.45) is 40.9 Å². The molecule has 0 aromatic heterocycles. The van der Waals surface area contributed by atoms with Gasteiger partial charge < -0.3 is 4.74 Å². The van der Waals surface area contributed by atoms with E-state index in [4.69, 9.17) is 4.74 Å². The van der Waals surface area contributed by atoms with Gasteiger partial charge in [-0.3, -0.25) is 4.79 Å². The molecule has 7 atom stereocenters. The molecular weight excluding hydrogens is 272 g/mol. The maximum absolute atomic E-state index is 12.4. The minimum absolute atomic E-state index is 0.0568. The average molecular weight is 304 g/mol. The third-order valence-corrected chi connectivity index (χ3v) is 8.17. The van der Waals surface area contributed by atoms with Gasteiger partial charge in [-0.1, -0.05) is 6.92 Å². The minimum atomic E-state index is 0.0568. The fraction of sp³-hybridized carbons (Fsp3) is 0.950. The van der Waals surface area contributed by atoms with E-state index in [1.165, 1.54) is 51.4 Å². The Balaban J connectivity index is 1.50. The van der Waals surface area contributed by atoms with Gasteiger partial charge in [0.2, 0.25) is 0 Å². The monoisotopic (exact) mass is 304 g/mol. The number of Topliss-reactive ketones (excluding diaryl/α,β-unsaturated/α-hetero) is 1. The number of hydrogen-bond donors (Lipinski definition) is 0. The summed E-state index contributed by atoms with van der Waals surface area (Å²) in [6, 6.07) is 0. The van der Waals surface area contributed by atoms with E-state index in [9.17, 15) is 4.79 Å². The number of ether oxygens (including phenoxy) is 1. The van der Waals surface area contributed by atoms with Crippen LogP contribution in [0.1, 0.15) is 64.7 Å². The van der Waals surface area contributed by atoms with Crippen LogP contribution in [-0.4, -0.2) is 19.5 Å². The quantitative estimate of drug-likeness (QED) is 0.752. The zero-order valence-electron chi connectivity index (χ0n) is 14.4. The van der Waals surface area contributed by atoms with Crippen LogP contribution in [0.5, 0.6) is 0 Å². The van der Waals surface area contributed by atoms with E-state index in [-0.39, 0.29) is 5.41 Å². The van der Waals surface area contributed by atoms with Crippen LogP contribution in [0.4, 0.5) is 0 Å². The number of methoxy groups -OCH3 is 1. The van der Waals surface area contributed by atoms with Crippen molar-refractivity contribution >= 4 is 5.78 Å². The van der Waals surface area contributed by atoms with Crippen molar-refractivity contribution in [2.45, 2.75) is 64.7 Å². The van der Waals surface area contributed by atoms with Gasteiger partial charge in [-0.15, -0.1) is 0 Å². The Labute approximate surface area is 135 Å². The molecule has 0 radical (unpaired) electrons. The number of fused-ring (bicyclic) bond motifs is 5. The zero-order valence-corrected chi connectivity index (χ0v) is 14.4. The number of rotatable bonds is 2. The molecule has 0 aliphatic heterocycles. The normalized spacial score (nSPS) is 51.1. The highest BCUT2D eigenvalue weighted by molar-refractivity contribution is 5.87. The molecule has 2 heteroatoms. The van der Waals surface area contributed by atoms with Gasteiger partial charge in [0.25, 0.3) is 0 Å². The van der Waals surface area contributed by atoms with E-state index in [2.05, 4.69) is 6.92 Å². The second-order valence-electron chi connectivity index (χ2n) is 8.99. The number of ketones is 1.